The third kappa shape index (κ3) is 2.11. The lowest BCUT2D eigenvalue weighted by atomic mass is 9.53. The minimum Gasteiger partial charge on any atom is -0.305 e. The lowest BCUT2D eigenvalue weighted by molar-refractivity contribution is 0.286. The second-order valence-electron chi connectivity index (χ2n) is 6.39. The first-order valence-electron chi connectivity index (χ1n) is 7.63. The van der Waals surface area contributed by atoms with Crippen LogP contribution in [0.2, 0.25) is 0 Å². The van der Waals surface area contributed by atoms with Crippen molar-refractivity contribution in [1.82, 2.24) is 0 Å². The van der Waals surface area contributed by atoms with Crippen LogP contribution in [-0.4, -0.2) is 5.71 Å². The Morgan fingerprint density at radius 2 is 2.04 bits per heavy atom. The molecule has 0 saturated heterocycles. The average molecular weight is 320 g/mol. The number of hydrogen-bond acceptors (Lipinski definition) is 5. The third-order valence-electron chi connectivity index (χ3n) is 5.09. The molecule has 1 heterocycles. The Labute approximate surface area is 139 Å². The molecule has 1 aromatic heterocycles. The lowest BCUT2D eigenvalue weighted by Gasteiger charge is -2.46. The molecule has 0 spiro atoms. The largest absolute Gasteiger partial charge is 0.305 e. The van der Waals surface area contributed by atoms with E-state index >= 15 is 0 Å². The van der Waals surface area contributed by atoms with Crippen molar-refractivity contribution in [3.8, 4) is 18.2 Å². The zero-order valence-electron chi connectivity index (χ0n) is 12.8. The highest BCUT2D eigenvalue weighted by Gasteiger charge is 2.57. The van der Waals surface area contributed by atoms with Crippen molar-refractivity contribution in [3.63, 3.8) is 0 Å². The molecule has 3 rings (SSSR count). The summed E-state index contributed by atoms with van der Waals surface area (Å²) in [6, 6.07) is 10.2. The minimum absolute atomic E-state index is 0.0181. The van der Waals surface area contributed by atoms with E-state index in [2.05, 4.69) is 31.2 Å². The van der Waals surface area contributed by atoms with E-state index in [4.69, 9.17) is 5.41 Å². The minimum atomic E-state index is -1.55. The van der Waals surface area contributed by atoms with Gasteiger partial charge in [-0.25, -0.2) is 0 Å². The maximum absolute atomic E-state index is 9.81. The number of rotatable bonds is 1. The van der Waals surface area contributed by atoms with Crippen molar-refractivity contribution in [1.29, 1.82) is 21.2 Å². The second kappa shape index (κ2) is 5.65. The molecule has 0 amide bonds. The second-order valence-corrected chi connectivity index (χ2v) is 7.37. The number of fused-ring (bicyclic) bond motifs is 1. The monoisotopic (exact) mass is 320 g/mol. The van der Waals surface area contributed by atoms with Gasteiger partial charge in [0.15, 0.2) is 5.41 Å². The maximum Gasteiger partial charge on any atom is 0.190 e. The van der Waals surface area contributed by atoms with E-state index in [9.17, 15) is 15.8 Å². The zero-order chi connectivity index (χ0) is 16.6. The number of nitriles is 3. The van der Waals surface area contributed by atoms with Crippen molar-refractivity contribution in [2.75, 3.05) is 0 Å². The van der Waals surface area contributed by atoms with E-state index in [0.29, 0.717) is 5.92 Å². The lowest BCUT2D eigenvalue weighted by Crippen LogP contribution is -2.49. The van der Waals surface area contributed by atoms with E-state index in [0.717, 1.165) is 23.3 Å². The van der Waals surface area contributed by atoms with Crippen molar-refractivity contribution in [2.45, 2.75) is 25.7 Å². The average Bonchev–Trinajstić information content (AvgIpc) is 3.08. The summed E-state index contributed by atoms with van der Waals surface area (Å²) < 4.78 is 0. The van der Waals surface area contributed by atoms with E-state index < -0.39 is 11.3 Å². The van der Waals surface area contributed by atoms with Crippen LogP contribution in [0.5, 0.6) is 0 Å². The first-order chi connectivity index (χ1) is 11.1. The number of allylic oxidation sites excluding steroid dienone is 2. The van der Waals surface area contributed by atoms with Crippen LogP contribution in [0.4, 0.5) is 0 Å². The Kier molecular flexibility index (Phi) is 3.80. The summed E-state index contributed by atoms with van der Waals surface area (Å²) in [6.45, 7) is 2.15. The van der Waals surface area contributed by atoms with Crippen LogP contribution < -0.4 is 0 Å². The maximum atomic E-state index is 9.81. The van der Waals surface area contributed by atoms with Crippen LogP contribution in [-0.2, 0) is 0 Å². The van der Waals surface area contributed by atoms with Crippen LogP contribution in [0.15, 0.2) is 29.2 Å². The van der Waals surface area contributed by atoms with Gasteiger partial charge >= 0.3 is 0 Å². The molecule has 114 valence electrons. The molecule has 2 aliphatic rings. The fourth-order valence-electron chi connectivity index (χ4n) is 3.98. The van der Waals surface area contributed by atoms with Crippen molar-refractivity contribution >= 4 is 17.0 Å². The number of thiophene rings is 1. The molecule has 0 bridgehead atoms. The smallest absolute Gasteiger partial charge is 0.190 e. The zero-order valence-corrected chi connectivity index (χ0v) is 13.6. The molecular formula is C18H16N4S. The molecule has 23 heavy (non-hydrogen) atoms. The summed E-state index contributed by atoms with van der Waals surface area (Å²) in [5.74, 6) is -0.671. The highest BCUT2D eigenvalue weighted by atomic mass is 32.1. The Morgan fingerprint density at radius 1 is 1.30 bits per heavy atom. The molecule has 0 radical (unpaired) electrons. The van der Waals surface area contributed by atoms with Gasteiger partial charge in [-0.1, -0.05) is 19.1 Å². The number of nitrogens with one attached hydrogen (secondary N) is 1. The van der Waals surface area contributed by atoms with Gasteiger partial charge in [-0.2, -0.15) is 15.8 Å². The Morgan fingerprint density at radius 3 is 2.61 bits per heavy atom. The van der Waals surface area contributed by atoms with Crippen molar-refractivity contribution < 1.29 is 0 Å². The van der Waals surface area contributed by atoms with Gasteiger partial charge in [0.1, 0.15) is 5.92 Å². The molecule has 1 unspecified atom stereocenters. The molecule has 1 fully saturated rings. The summed E-state index contributed by atoms with van der Waals surface area (Å²) in [5.41, 5.74) is -0.666. The van der Waals surface area contributed by atoms with Gasteiger partial charge in [-0.05, 0) is 41.7 Å². The summed E-state index contributed by atoms with van der Waals surface area (Å²) in [5, 5.41) is 39.6. The first kappa shape index (κ1) is 15.5. The standard InChI is InChI=1S/C18H16N4S/c1-11-4-5-12-13(7-11)16(15-3-2-6-23-15)18(9-20,10-21)17(22)14(12)8-19/h2-3,5-6,11,13-14,16,22H,4,7H2,1H3/t11-,13+,14?,16+/m0/s1. The quantitative estimate of drug-likeness (QED) is 0.792. The van der Waals surface area contributed by atoms with Gasteiger partial charge < -0.3 is 5.41 Å². The van der Waals surface area contributed by atoms with Crippen LogP contribution >= 0.6 is 11.3 Å². The molecule has 0 aromatic carbocycles. The highest BCUT2D eigenvalue weighted by molar-refractivity contribution is 7.10. The van der Waals surface area contributed by atoms with Gasteiger partial charge in [0.2, 0.25) is 0 Å². The summed E-state index contributed by atoms with van der Waals surface area (Å²) in [6.07, 6.45) is 3.81. The van der Waals surface area contributed by atoms with Crippen molar-refractivity contribution in [2.24, 2.45) is 23.2 Å². The molecule has 4 atom stereocenters. The normalized spacial score (nSPS) is 31.9. The van der Waals surface area contributed by atoms with Crippen LogP contribution in [0, 0.1) is 62.6 Å². The molecule has 4 nitrogen and oxygen atoms in total. The molecule has 1 aromatic rings. The summed E-state index contributed by atoms with van der Waals surface area (Å²) in [7, 11) is 0. The van der Waals surface area contributed by atoms with Crippen LogP contribution in [0.3, 0.4) is 0 Å². The topological polar surface area (TPSA) is 95.2 Å². The Bertz CT molecular complexity index is 770. The third-order valence-corrected chi connectivity index (χ3v) is 6.04. The van der Waals surface area contributed by atoms with Gasteiger partial charge in [0.25, 0.3) is 0 Å². The first-order valence-corrected chi connectivity index (χ1v) is 8.51. The predicted molar refractivity (Wildman–Crippen MR) is 87.5 cm³/mol. The predicted octanol–water partition coefficient (Wildman–Crippen LogP) is 4.01. The number of nitrogens with zero attached hydrogens (tertiary/aromatic N) is 3. The van der Waals surface area contributed by atoms with E-state index in [1.807, 2.05) is 17.5 Å². The number of hydrogen-bond donors (Lipinski definition) is 1. The summed E-state index contributed by atoms with van der Waals surface area (Å²) >= 11 is 1.52. The molecule has 1 N–H and O–H groups in total. The fraction of sp³-hybridized carbons (Fsp3) is 0.444. The van der Waals surface area contributed by atoms with Crippen molar-refractivity contribution in [3.05, 3.63) is 34.0 Å². The van der Waals surface area contributed by atoms with E-state index in [-0.39, 0.29) is 17.5 Å². The Hall–Kier alpha value is -2.42. The highest BCUT2D eigenvalue weighted by Crippen LogP contribution is 2.56. The van der Waals surface area contributed by atoms with E-state index in [1.165, 1.54) is 11.3 Å². The van der Waals surface area contributed by atoms with Gasteiger partial charge in [-0.3, -0.25) is 0 Å². The van der Waals surface area contributed by atoms with Gasteiger partial charge in [0.05, 0.1) is 23.9 Å². The molecular weight excluding hydrogens is 304 g/mol. The fourth-order valence-corrected chi connectivity index (χ4v) is 4.94. The van der Waals surface area contributed by atoms with Crippen LogP contribution in [0.1, 0.15) is 30.6 Å². The molecule has 2 aliphatic carbocycles. The Balaban J connectivity index is 2.25. The molecule has 5 heteroatoms. The SMILES string of the molecule is C[C@H]1CC=C2C(C#N)C(=N)C(C#N)(C#N)[C@@H](c3cccs3)[C@@H]2C1. The van der Waals surface area contributed by atoms with Crippen LogP contribution in [0.25, 0.3) is 0 Å². The van der Waals surface area contributed by atoms with Gasteiger partial charge in [-0.15, -0.1) is 11.3 Å². The van der Waals surface area contributed by atoms with Gasteiger partial charge in [0, 0.05) is 10.8 Å². The summed E-state index contributed by atoms with van der Waals surface area (Å²) in [4.78, 5) is 0.958. The molecule has 0 aliphatic heterocycles. The molecule has 1 saturated carbocycles. The van der Waals surface area contributed by atoms with E-state index in [1.54, 1.807) is 0 Å².